The van der Waals surface area contributed by atoms with Crippen LogP contribution in [0.4, 0.5) is 5.69 Å². The standard InChI is InChI=1S/C24H26Cl3N3O2/c25-17-6-3-7-19(14-17)28-23(31)22(16-4-1-2-5-16)29-10-12-30(13-11-29)24(32)20-9-8-18(26)15-21(20)27/h3,6-9,14-16,22H,1-2,4-5,10-13H2,(H,28,31)/t22-/m1/s1. The molecule has 1 saturated carbocycles. The Bertz CT molecular complexity index is 986. The smallest absolute Gasteiger partial charge is 0.255 e. The van der Waals surface area contributed by atoms with Gasteiger partial charge in [0.1, 0.15) is 0 Å². The monoisotopic (exact) mass is 493 g/mol. The van der Waals surface area contributed by atoms with Gasteiger partial charge in [0.05, 0.1) is 16.6 Å². The zero-order valence-corrected chi connectivity index (χ0v) is 20.0. The molecule has 0 bridgehead atoms. The molecule has 2 aliphatic rings. The van der Waals surface area contributed by atoms with Crippen molar-refractivity contribution in [1.82, 2.24) is 9.80 Å². The van der Waals surface area contributed by atoms with Crippen molar-refractivity contribution in [2.75, 3.05) is 31.5 Å². The molecule has 4 rings (SSSR count). The fourth-order valence-corrected chi connectivity index (χ4v) is 5.45. The molecule has 2 aromatic carbocycles. The van der Waals surface area contributed by atoms with Crippen LogP contribution in [-0.4, -0.2) is 53.8 Å². The lowest BCUT2D eigenvalue weighted by Gasteiger charge is -2.40. The number of hydrogen-bond acceptors (Lipinski definition) is 3. The summed E-state index contributed by atoms with van der Waals surface area (Å²) in [6.07, 6.45) is 4.40. The van der Waals surface area contributed by atoms with Gasteiger partial charge in [-0.05, 0) is 55.2 Å². The number of anilines is 1. The first kappa shape index (κ1) is 23.4. The molecule has 0 unspecified atom stereocenters. The van der Waals surface area contributed by atoms with E-state index in [1.807, 2.05) is 12.1 Å². The largest absolute Gasteiger partial charge is 0.336 e. The minimum absolute atomic E-state index is 0.000288. The van der Waals surface area contributed by atoms with Crippen molar-refractivity contribution in [3.05, 3.63) is 63.1 Å². The number of nitrogens with one attached hydrogen (secondary N) is 1. The van der Waals surface area contributed by atoms with Gasteiger partial charge in [0, 0.05) is 41.9 Å². The summed E-state index contributed by atoms with van der Waals surface area (Å²) in [5.74, 6) is 0.217. The molecule has 5 nitrogen and oxygen atoms in total. The molecule has 2 aromatic rings. The normalized spacial score (nSPS) is 18.5. The van der Waals surface area contributed by atoms with Crippen LogP contribution in [0.1, 0.15) is 36.0 Å². The molecule has 170 valence electrons. The first-order chi connectivity index (χ1) is 15.4. The predicted octanol–water partition coefficient (Wildman–Crippen LogP) is 5.60. The molecule has 1 atom stereocenters. The molecule has 1 N–H and O–H groups in total. The molecule has 0 radical (unpaired) electrons. The van der Waals surface area contributed by atoms with Gasteiger partial charge in [-0.2, -0.15) is 0 Å². The Labute approximate surface area is 203 Å². The van der Waals surface area contributed by atoms with Crippen LogP contribution in [0, 0.1) is 5.92 Å². The number of benzene rings is 2. The Morgan fingerprint density at radius 1 is 0.906 bits per heavy atom. The summed E-state index contributed by atoms with van der Waals surface area (Å²) in [4.78, 5) is 30.3. The van der Waals surface area contributed by atoms with Gasteiger partial charge in [-0.3, -0.25) is 14.5 Å². The van der Waals surface area contributed by atoms with Gasteiger partial charge in [-0.15, -0.1) is 0 Å². The number of nitrogens with zero attached hydrogens (tertiary/aromatic N) is 2. The van der Waals surface area contributed by atoms with Crippen molar-refractivity contribution in [3.63, 3.8) is 0 Å². The quantitative estimate of drug-likeness (QED) is 0.588. The van der Waals surface area contributed by atoms with Gasteiger partial charge in [0.2, 0.25) is 5.91 Å². The number of piperazine rings is 1. The summed E-state index contributed by atoms with van der Waals surface area (Å²) in [5, 5.41) is 4.50. The third-order valence-corrected chi connectivity index (χ3v) is 7.15. The lowest BCUT2D eigenvalue weighted by atomic mass is 9.94. The van der Waals surface area contributed by atoms with Crippen LogP contribution in [0.15, 0.2) is 42.5 Å². The second-order valence-electron chi connectivity index (χ2n) is 8.44. The Hall–Kier alpha value is -1.79. The third kappa shape index (κ3) is 5.40. The molecule has 2 amide bonds. The van der Waals surface area contributed by atoms with Crippen LogP contribution in [0.5, 0.6) is 0 Å². The lowest BCUT2D eigenvalue weighted by molar-refractivity contribution is -0.123. The molecule has 1 heterocycles. The van der Waals surface area contributed by atoms with E-state index >= 15 is 0 Å². The van der Waals surface area contributed by atoms with Crippen molar-refractivity contribution in [2.45, 2.75) is 31.7 Å². The molecule has 1 aliphatic carbocycles. The van der Waals surface area contributed by atoms with Crippen LogP contribution in [0.3, 0.4) is 0 Å². The summed E-state index contributed by atoms with van der Waals surface area (Å²) < 4.78 is 0. The van der Waals surface area contributed by atoms with Crippen molar-refractivity contribution in [2.24, 2.45) is 5.92 Å². The van der Waals surface area contributed by atoms with E-state index in [9.17, 15) is 9.59 Å². The van der Waals surface area contributed by atoms with Gasteiger partial charge < -0.3 is 10.2 Å². The number of amides is 2. The molecular formula is C24H26Cl3N3O2. The summed E-state index contributed by atoms with van der Waals surface area (Å²) in [6, 6.07) is 11.9. The number of halogens is 3. The summed E-state index contributed by atoms with van der Waals surface area (Å²) in [6.45, 7) is 2.37. The predicted molar refractivity (Wildman–Crippen MR) is 130 cm³/mol. The molecule has 1 saturated heterocycles. The van der Waals surface area contributed by atoms with E-state index in [0.717, 1.165) is 25.7 Å². The minimum atomic E-state index is -0.215. The highest BCUT2D eigenvalue weighted by Crippen LogP contribution is 2.32. The molecule has 2 fully saturated rings. The Kier molecular flexibility index (Phi) is 7.62. The molecule has 8 heteroatoms. The van der Waals surface area contributed by atoms with Crippen LogP contribution < -0.4 is 5.32 Å². The fraction of sp³-hybridized carbons (Fsp3) is 0.417. The van der Waals surface area contributed by atoms with E-state index in [-0.39, 0.29) is 17.9 Å². The molecule has 0 aromatic heterocycles. The second kappa shape index (κ2) is 10.4. The maximum Gasteiger partial charge on any atom is 0.255 e. The fourth-order valence-electron chi connectivity index (χ4n) is 4.77. The van der Waals surface area contributed by atoms with Crippen molar-refractivity contribution in [1.29, 1.82) is 0 Å². The summed E-state index contributed by atoms with van der Waals surface area (Å²) in [7, 11) is 0. The molecule has 0 spiro atoms. The molecule has 1 aliphatic heterocycles. The van der Waals surface area contributed by atoms with Gasteiger partial charge in [0.25, 0.3) is 5.91 Å². The number of hydrogen-bond donors (Lipinski definition) is 1. The Morgan fingerprint density at radius 2 is 1.59 bits per heavy atom. The molecule has 32 heavy (non-hydrogen) atoms. The van der Waals surface area contributed by atoms with Crippen molar-refractivity contribution >= 4 is 52.3 Å². The van der Waals surface area contributed by atoms with E-state index in [1.165, 1.54) is 0 Å². The third-order valence-electron chi connectivity index (χ3n) is 6.36. The first-order valence-electron chi connectivity index (χ1n) is 11.0. The SMILES string of the molecule is O=C(Nc1cccc(Cl)c1)[C@@H](C1CCCC1)N1CCN(C(=O)c2ccc(Cl)cc2Cl)CC1. The van der Waals surface area contributed by atoms with Crippen molar-refractivity contribution in [3.8, 4) is 0 Å². The van der Waals surface area contributed by atoms with Gasteiger partial charge in [0.15, 0.2) is 0 Å². The van der Waals surface area contributed by atoms with Crippen LogP contribution in [0.2, 0.25) is 15.1 Å². The van der Waals surface area contributed by atoms with E-state index in [1.54, 1.807) is 35.2 Å². The topological polar surface area (TPSA) is 52.7 Å². The van der Waals surface area contributed by atoms with E-state index < -0.39 is 0 Å². The van der Waals surface area contributed by atoms with E-state index in [0.29, 0.717) is 58.4 Å². The number of carbonyl (C=O) groups is 2. The minimum Gasteiger partial charge on any atom is -0.336 e. The highest BCUT2D eigenvalue weighted by atomic mass is 35.5. The Morgan fingerprint density at radius 3 is 2.25 bits per heavy atom. The number of rotatable bonds is 5. The van der Waals surface area contributed by atoms with Crippen LogP contribution in [-0.2, 0) is 4.79 Å². The molecular weight excluding hydrogens is 469 g/mol. The summed E-state index contributed by atoms with van der Waals surface area (Å²) >= 11 is 18.3. The average molecular weight is 495 g/mol. The van der Waals surface area contributed by atoms with Crippen LogP contribution in [0.25, 0.3) is 0 Å². The Balaban J connectivity index is 1.44. The zero-order chi connectivity index (χ0) is 22.7. The van der Waals surface area contributed by atoms with Crippen LogP contribution >= 0.6 is 34.8 Å². The number of carbonyl (C=O) groups excluding carboxylic acids is 2. The van der Waals surface area contributed by atoms with Gasteiger partial charge in [-0.1, -0.05) is 53.7 Å². The highest BCUT2D eigenvalue weighted by molar-refractivity contribution is 6.36. The highest BCUT2D eigenvalue weighted by Gasteiger charge is 2.37. The van der Waals surface area contributed by atoms with Gasteiger partial charge in [-0.25, -0.2) is 0 Å². The summed E-state index contributed by atoms with van der Waals surface area (Å²) in [5.41, 5.74) is 1.16. The van der Waals surface area contributed by atoms with Crippen molar-refractivity contribution < 1.29 is 9.59 Å². The van der Waals surface area contributed by atoms with E-state index in [4.69, 9.17) is 34.8 Å². The van der Waals surface area contributed by atoms with E-state index in [2.05, 4.69) is 10.2 Å². The average Bonchev–Trinajstić information content (AvgIpc) is 3.28. The maximum atomic E-state index is 13.3. The maximum absolute atomic E-state index is 13.3. The first-order valence-corrected chi connectivity index (χ1v) is 12.1. The second-order valence-corrected chi connectivity index (χ2v) is 9.72. The zero-order valence-electron chi connectivity index (χ0n) is 17.7. The lowest BCUT2D eigenvalue weighted by Crippen LogP contribution is -2.57. The van der Waals surface area contributed by atoms with Gasteiger partial charge >= 0.3 is 0 Å².